The molecule has 2 aromatic carbocycles. The average molecular weight is 617 g/mol. The number of halogens is 4. The molecule has 3 aromatic rings. The first-order chi connectivity index (χ1) is 20.6. The largest absolute Gasteiger partial charge is 0.416 e. The molecule has 2 saturated heterocycles. The first kappa shape index (κ1) is 30.7. The zero-order valence-electron chi connectivity index (χ0n) is 23.4. The summed E-state index contributed by atoms with van der Waals surface area (Å²) in [6.45, 7) is 6.07. The van der Waals surface area contributed by atoms with Gasteiger partial charge in [0.05, 0.1) is 21.1 Å². The van der Waals surface area contributed by atoms with E-state index in [0.717, 1.165) is 76.4 Å². The molecule has 0 aliphatic carbocycles. The molecule has 2 aliphatic rings. The number of nitrogens with zero attached hydrogens (tertiary/aromatic N) is 5. The number of nitro groups is 1. The lowest BCUT2D eigenvalue weighted by molar-refractivity contribution is -0.384. The van der Waals surface area contributed by atoms with Gasteiger partial charge in [-0.3, -0.25) is 24.7 Å². The van der Waals surface area contributed by atoms with E-state index in [2.05, 4.69) is 25.0 Å². The summed E-state index contributed by atoms with van der Waals surface area (Å²) in [5.41, 5.74) is 1.26. The molecule has 0 saturated carbocycles. The molecule has 0 spiro atoms. The summed E-state index contributed by atoms with van der Waals surface area (Å²) in [5.74, 6) is 0.212. The van der Waals surface area contributed by atoms with E-state index in [1.165, 1.54) is 18.3 Å². The number of carbonyl (C=O) groups excluding carboxylic acids is 1. The van der Waals surface area contributed by atoms with Crippen molar-refractivity contribution in [3.05, 3.63) is 98.2 Å². The van der Waals surface area contributed by atoms with Gasteiger partial charge in [-0.05, 0) is 55.3 Å². The standard InChI is InChI=1S/C30H32ClF3N6O3/c31-27-17-23(29(41)36-18-21-1-5-24(6-2-21)30(32,33)34)19-35-28(27)39-15-13-38(14-16-39)25-9-11-37(12-10-25)20-22-3-7-26(8-4-22)40(42)43/h1-8,17,19,25H,9-16,18,20H2,(H,36,41). The molecule has 1 aromatic heterocycles. The Balaban J connectivity index is 1.07. The van der Waals surface area contributed by atoms with Crippen LogP contribution in [0.5, 0.6) is 0 Å². The first-order valence-electron chi connectivity index (χ1n) is 14.1. The van der Waals surface area contributed by atoms with Crippen LogP contribution in [0.3, 0.4) is 0 Å². The number of nitro benzene ring substituents is 1. The third-order valence-electron chi connectivity index (χ3n) is 8.06. The van der Waals surface area contributed by atoms with Crippen LogP contribution in [0.25, 0.3) is 0 Å². The second-order valence-corrected chi connectivity index (χ2v) is 11.3. The van der Waals surface area contributed by atoms with E-state index < -0.39 is 17.6 Å². The Kier molecular flexibility index (Phi) is 9.48. The summed E-state index contributed by atoms with van der Waals surface area (Å²) in [4.78, 5) is 34.6. The molecule has 228 valence electrons. The lowest BCUT2D eigenvalue weighted by Gasteiger charge is -2.43. The number of pyridine rings is 1. The van der Waals surface area contributed by atoms with Crippen molar-refractivity contribution in [2.45, 2.75) is 38.1 Å². The Morgan fingerprint density at radius 3 is 2.19 bits per heavy atom. The van der Waals surface area contributed by atoms with Crippen molar-refractivity contribution in [3.8, 4) is 0 Å². The molecular weight excluding hydrogens is 585 g/mol. The summed E-state index contributed by atoms with van der Waals surface area (Å²) in [6, 6.07) is 13.5. The van der Waals surface area contributed by atoms with E-state index >= 15 is 0 Å². The minimum absolute atomic E-state index is 0.0776. The Bertz CT molecular complexity index is 1420. The predicted octanol–water partition coefficient (Wildman–Crippen LogP) is 5.38. The van der Waals surface area contributed by atoms with Crippen LogP contribution < -0.4 is 10.2 Å². The first-order valence-corrected chi connectivity index (χ1v) is 14.5. The van der Waals surface area contributed by atoms with Gasteiger partial charge in [0.2, 0.25) is 0 Å². The zero-order chi connectivity index (χ0) is 30.6. The number of alkyl halides is 3. The molecule has 5 rings (SSSR count). The van der Waals surface area contributed by atoms with Crippen LogP contribution in [-0.2, 0) is 19.3 Å². The third kappa shape index (κ3) is 7.81. The van der Waals surface area contributed by atoms with Gasteiger partial charge in [0.15, 0.2) is 0 Å². The number of rotatable bonds is 8. The fourth-order valence-electron chi connectivity index (χ4n) is 5.61. The number of non-ortho nitro benzene ring substituents is 1. The molecule has 0 unspecified atom stereocenters. The average Bonchev–Trinajstić information content (AvgIpc) is 3.00. The van der Waals surface area contributed by atoms with E-state index in [1.54, 1.807) is 18.2 Å². The molecule has 3 heterocycles. The Labute approximate surface area is 252 Å². The SMILES string of the molecule is O=C(NCc1ccc(C(F)(F)F)cc1)c1cnc(N2CCN(C3CCN(Cc4ccc([N+](=O)[O-])cc4)CC3)CC2)c(Cl)c1. The number of nitrogens with one attached hydrogen (secondary N) is 1. The highest BCUT2D eigenvalue weighted by Gasteiger charge is 2.30. The molecule has 9 nitrogen and oxygen atoms in total. The van der Waals surface area contributed by atoms with Crippen LogP contribution in [0.1, 0.15) is 39.9 Å². The number of amides is 1. The number of benzene rings is 2. The summed E-state index contributed by atoms with van der Waals surface area (Å²) in [7, 11) is 0. The van der Waals surface area contributed by atoms with E-state index in [1.807, 2.05) is 12.1 Å². The van der Waals surface area contributed by atoms with Crippen molar-refractivity contribution < 1.29 is 22.9 Å². The zero-order valence-corrected chi connectivity index (χ0v) is 24.2. The monoisotopic (exact) mass is 616 g/mol. The lowest BCUT2D eigenvalue weighted by atomic mass is 10.0. The molecule has 2 fully saturated rings. The minimum Gasteiger partial charge on any atom is -0.353 e. The van der Waals surface area contributed by atoms with E-state index in [9.17, 15) is 28.1 Å². The third-order valence-corrected chi connectivity index (χ3v) is 8.34. The number of piperidine rings is 1. The summed E-state index contributed by atoms with van der Waals surface area (Å²) >= 11 is 6.53. The quantitative estimate of drug-likeness (QED) is 0.268. The minimum atomic E-state index is -4.41. The van der Waals surface area contributed by atoms with E-state index in [-0.39, 0.29) is 22.7 Å². The molecule has 0 atom stereocenters. The van der Waals surface area contributed by atoms with Crippen molar-refractivity contribution in [1.29, 1.82) is 0 Å². The van der Waals surface area contributed by atoms with Crippen molar-refractivity contribution >= 4 is 29.0 Å². The highest BCUT2D eigenvalue weighted by molar-refractivity contribution is 6.33. The summed E-state index contributed by atoms with van der Waals surface area (Å²) in [5, 5.41) is 13.9. The maximum Gasteiger partial charge on any atom is 0.416 e. The van der Waals surface area contributed by atoms with Gasteiger partial charge >= 0.3 is 6.18 Å². The number of carbonyl (C=O) groups is 1. The predicted molar refractivity (Wildman–Crippen MR) is 157 cm³/mol. The van der Waals surface area contributed by atoms with E-state index in [4.69, 9.17) is 11.6 Å². The molecule has 0 radical (unpaired) electrons. The van der Waals surface area contributed by atoms with Crippen LogP contribution >= 0.6 is 11.6 Å². The second kappa shape index (κ2) is 13.3. The highest BCUT2D eigenvalue weighted by atomic mass is 35.5. The van der Waals surface area contributed by atoms with Crippen molar-refractivity contribution in [2.75, 3.05) is 44.2 Å². The van der Waals surface area contributed by atoms with Gasteiger partial charge in [-0.1, -0.05) is 35.9 Å². The number of hydrogen-bond acceptors (Lipinski definition) is 7. The van der Waals surface area contributed by atoms with Gasteiger partial charge in [-0.2, -0.15) is 13.2 Å². The van der Waals surface area contributed by atoms with E-state index in [0.29, 0.717) is 22.4 Å². The molecule has 2 aliphatic heterocycles. The number of aromatic nitrogens is 1. The Morgan fingerprint density at radius 1 is 0.977 bits per heavy atom. The van der Waals surface area contributed by atoms with Gasteiger partial charge in [-0.15, -0.1) is 0 Å². The number of anilines is 1. The van der Waals surface area contributed by atoms with Gasteiger partial charge in [0.1, 0.15) is 5.82 Å². The Hall–Kier alpha value is -3.74. The normalized spacial score (nSPS) is 17.2. The highest BCUT2D eigenvalue weighted by Crippen LogP contribution is 2.29. The number of likely N-dealkylation sites (tertiary alicyclic amines) is 1. The van der Waals surface area contributed by atoms with Crippen LogP contribution in [0.15, 0.2) is 60.8 Å². The second-order valence-electron chi connectivity index (χ2n) is 10.9. The van der Waals surface area contributed by atoms with Crippen LogP contribution in [-0.4, -0.2) is 70.9 Å². The smallest absolute Gasteiger partial charge is 0.353 e. The molecule has 0 bridgehead atoms. The van der Waals surface area contributed by atoms with Gasteiger partial charge in [-0.25, -0.2) is 4.98 Å². The molecule has 13 heteroatoms. The fourth-order valence-corrected chi connectivity index (χ4v) is 5.89. The van der Waals surface area contributed by atoms with Gasteiger partial charge < -0.3 is 10.2 Å². The maximum atomic E-state index is 12.8. The van der Waals surface area contributed by atoms with Crippen LogP contribution in [0.4, 0.5) is 24.7 Å². The van der Waals surface area contributed by atoms with Gasteiger partial charge in [0.25, 0.3) is 11.6 Å². The lowest BCUT2D eigenvalue weighted by Crippen LogP contribution is -2.53. The summed E-state index contributed by atoms with van der Waals surface area (Å²) in [6.07, 6.45) is -0.822. The van der Waals surface area contributed by atoms with Crippen molar-refractivity contribution in [2.24, 2.45) is 0 Å². The summed E-state index contributed by atoms with van der Waals surface area (Å²) < 4.78 is 38.3. The molecule has 1 amide bonds. The Morgan fingerprint density at radius 2 is 1.60 bits per heavy atom. The van der Waals surface area contributed by atoms with Crippen LogP contribution in [0.2, 0.25) is 5.02 Å². The van der Waals surface area contributed by atoms with Gasteiger partial charge in [0, 0.05) is 63.6 Å². The molecule has 43 heavy (non-hydrogen) atoms. The number of hydrogen-bond donors (Lipinski definition) is 1. The number of piperazine rings is 1. The van der Waals surface area contributed by atoms with Crippen molar-refractivity contribution in [3.63, 3.8) is 0 Å². The molecule has 1 N–H and O–H groups in total. The topological polar surface area (TPSA) is 94.9 Å². The van der Waals surface area contributed by atoms with Crippen LogP contribution in [0, 0.1) is 10.1 Å². The molecular formula is C30H32ClF3N6O3. The van der Waals surface area contributed by atoms with Crippen molar-refractivity contribution in [1.82, 2.24) is 20.1 Å². The maximum absolute atomic E-state index is 12.8. The fraction of sp³-hybridized carbons (Fsp3) is 0.400.